The molecule has 1 aliphatic heterocycles. The number of alkyl halides is 2. The largest absolute Gasteiger partial charge is 0.434 e. The summed E-state index contributed by atoms with van der Waals surface area (Å²) in [5.41, 5.74) is 6.50. The number of nitrogens with zero attached hydrogens (tertiary/aromatic N) is 4. The summed E-state index contributed by atoms with van der Waals surface area (Å²) < 4.78 is 26.0. The number of likely N-dealkylation sites (tertiary alicyclic amines) is 1. The minimum atomic E-state index is -4.21. The minimum Gasteiger partial charge on any atom is -0.390 e. The van der Waals surface area contributed by atoms with Crippen molar-refractivity contribution in [2.75, 3.05) is 13.1 Å². The number of amides is 1. The highest BCUT2D eigenvalue weighted by Crippen LogP contribution is 2.38. The summed E-state index contributed by atoms with van der Waals surface area (Å²) in [5, 5.41) is 11.3. The lowest BCUT2D eigenvalue weighted by atomic mass is 9.98. The van der Waals surface area contributed by atoms with Crippen molar-refractivity contribution in [3.8, 4) is 0 Å². The third kappa shape index (κ3) is 5.45. The number of rotatable bonds is 8. The van der Waals surface area contributed by atoms with Crippen LogP contribution in [0.3, 0.4) is 0 Å². The van der Waals surface area contributed by atoms with E-state index in [0.29, 0.717) is 19.0 Å². The number of nitrogens with two attached hydrogens (primary N) is 1. The molecule has 0 bridgehead atoms. The van der Waals surface area contributed by atoms with Crippen LogP contribution in [0.2, 0.25) is 0 Å². The van der Waals surface area contributed by atoms with Gasteiger partial charge >= 0.3 is 5.95 Å². The van der Waals surface area contributed by atoms with Crippen molar-refractivity contribution in [1.29, 1.82) is 0 Å². The number of hydrogen-bond acceptors (Lipinski definition) is 7. The Hall–Kier alpha value is -1.87. The van der Waals surface area contributed by atoms with E-state index in [-0.39, 0.29) is 11.4 Å². The molecule has 0 saturated carbocycles. The van der Waals surface area contributed by atoms with Gasteiger partial charge in [0.2, 0.25) is 10.0 Å². The van der Waals surface area contributed by atoms with Crippen LogP contribution in [0.25, 0.3) is 0 Å². The first-order valence-electron chi connectivity index (χ1n) is 10.1. The van der Waals surface area contributed by atoms with Crippen LogP contribution in [-0.2, 0) is 21.4 Å². The Bertz CT molecular complexity index is 1120. The second-order valence-corrected chi connectivity index (χ2v) is 12.3. The summed E-state index contributed by atoms with van der Waals surface area (Å²) >= 11 is 6.61. The molecule has 0 aliphatic carbocycles. The Morgan fingerprint density at radius 2 is 1.91 bits per heavy atom. The van der Waals surface area contributed by atoms with Gasteiger partial charge in [-0.1, -0.05) is 62.0 Å². The fraction of sp³-hybridized carbons (Fsp3) is 0.474. The van der Waals surface area contributed by atoms with E-state index in [9.17, 15) is 23.3 Å². The number of aromatic nitrogens is 2. The van der Waals surface area contributed by atoms with Crippen LogP contribution >= 0.6 is 31.9 Å². The number of carbonyl (C=O) groups is 1. The number of imidazole rings is 1. The van der Waals surface area contributed by atoms with E-state index >= 15 is 0 Å². The van der Waals surface area contributed by atoms with Crippen molar-refractivity contribution in [2.45, 2.75) is 40.1 Å². The third-order valence-corrected chi connectivity index (χ3v) is 9.88. The molecule has 1 fully saturated rings. The number of nitro groups is 1. The van der Waals surface area contributed by atoms with E-state index in [1.807, 2.05) is 0 Å². The summed E-state index contributed by atoms with van der Waals surface area (Å²) in [4.78, 5) is 29.5. The molecule has 1 amide bonds. The van der Waals surface area contributed by atoms with Gasteiger partial charge in [-0.2, -0.15) is 4.72 Å². The molecule has 1 aromatic carbocycles. The van der Waals surface area contributed by atoms with Gasteiger partial charge in [0, 0.05) is 13.1 Å². The molecule has 33 heavy (non-hydrogen) atoms. The Morgan fingerprint density at radius 3 is 2.48 bits per heavy atom. The number of benzene rings is 1. The highest BCUT2D eigenvalue weighted by molar-refractivity contribution is 9.13. The lowest BCUT2D eigenvalue weighted by Gasteiger charge is -2.43. The number of carbonyl (C=O) groups excluding carboxylic acids is 1. The third-order valence-electron chi connectivity index (χ3n) is 5.52. The lowest BCUT2D eigenvalue weighted by molar-refractivity contribution is -0.396. The molecule has 14 heteroatoms. The van der Waals surface area contributed by atoms with Gasteiger partial charge in [0.15, 0.2) is 4.45 Å². The Kier molecular flexibility index (Phi) is 7.63. The summed E-state index contributed by atoms with van der Waals surface area (Å²) in [6, 6.07) is 7.54. The molecule has 3 rings (SSSR count). The van der Waals surface area contributed by atoms with E-state index in [4.69, 9.17) is 5.73 Å². The zero-order chi connectivity index (χ0) is 24.4. The first kappa shape index (κ1) is 25.7. The maximum atomic E-state index is 13.7. The summed E-state index contributed by atoms with van der Waals surface area (Å²) in [6.07, 6.45) is 4.06. The number of nitrogens with one attached hydrogen (secondary N) is 1. The zero-order valence-corrected chi connectivity index (χ0v) is 21.7. The zero-order valence-electron chi connectivity index (χ0n) is 17.7. The second-order valence-electron chi connectivity index (χ2n) is 8.03. The smallest absolute Gasteiger partial charge is 0.390 e. The number of hydrogen-bond donors (Lipinski definition) is 2. The van der Waals surface area contributed by atoms with Crippen molar-refractivity contribution in [3.63, 3.8) is 0 Å². The van der Waals surface area contributed by atoms with Gasteiger partial charge < -0.3 is 20.7 Å². The molecular weight excluding hydrogens is 584 g/mol. The van der Waals surface area contributed by atoms with E-state index in [2.05, 4.69) is 48.5 Å². The predicted octanol–water partition coefficient (Wildman–Crippen LogP) is 2.17. The molecule has 180 valence electrons. The van der Waals surface area contributed by atoms with Crippen molar-refractivity contribution in [3.05, 3.63) is 52.8 Å². The van der Waals surface area contributed by atoms with Gasteiger partial charge in [0.25, 0.3) is 5.91 Å². The number of halogens is 2. The molecule has 2 aromatic rings. The van der Waals surface area contributed by atoms with Gasteiger partial charge in [-0.3, -0.25) is 4.79 Å². The van der Waals surface area contributed by atoms with Crippen LogP contribution in [0, 0.1) is 16.0 Å². The normalized spacial score (nSPS) is 19.0. The van der Waals surface area contributed by atoms with Crippen LogP contribution in [0.4, 0.5) is 5.95 Å². The van der Waals surface area contributed by atoms with Crippen molar-refractivity contribution < 1.29 is 18.1 Å². The first-order chi connectivity index (χ1) is 15.4. The van der Waals surface area contributed by atoms with E-state index in [0.717, 1.165) is 17.4 Å². The predicted molar refractivity (Wildman–Crippen MR) is 128 cm³/mol. The van der Waals surface area contributed by atoms with E-state index in [1.165, 1.54) is 29.4 Å². The van der Waals surface area contributed by atoms with Crippen LogP contribution in [0.15, 0.2) is 47.6 Å². The van der Waals surface area contributed by atoms with Gasteiger partial charge in [-0.25, -0.2) is 13.0 Å². The fourth-order valence-corrected chi connectivity index (χ4v) is 6.49. The Labute approximate surface area is 208 Å². The van der Waals surface area contributed by atoms with Crippen LogP contribution in [-0.4, -0.2) is 55.7 Å². The fourth-order valence-electron chi connectivity index (χ4n) is 3.53. The van der Waals surface area contributed by atoms with Crippen molar-refractivity contribution >= 4 is 53.7 Å². The Balaban J connectivity index is 2.02. The second kappa shape index (κ2) is 9.78. The molecule has 1 aromatic heterocycles. The minimum absolute atomic E-state index is 0.0641. The molecule has 2 atom stereocenters. The maximum Gasteiger partial charge on any atom is 0.434 e. The van der Waals surface area contributed by atoms with Crippen molar-refractivity contribution in [2.24, 2.45) is 11.7 Å². The summed E-state index contributed by atoms with van der Waals surface area (Å²) in [7, 11) is -4.21. The monoisotopic (exact) mass is 606 g/mol. The SMILES string of the molecule is CC1CCN(C(=O)C(Br)(NS(=O)(=O)c2ccccc2)C(N)(Br)Cn2ccnc2[N+](=O)[O-])CC1. The number of piperidine rings is 1. The summed E-state index contributed by atoms with van der Waals surface area (Å²) in [5.74, 6) is -0.666. The topological polar surface area (TPSA) is 153 Å². The molecule has 1 saturated heterocycles. The van der Waals surface area contributed by atoms with Gasteiger partial charge in [0.1, 0.15) is 23.4 Å². The molecule has 1 aliphatic rings. The van der Waals surface area contributed by atoms with Gasteiger partial charge in [0.05, 0.1) is 4.90 Å². The molecule has 0 radical (unpaired) electrons. The molecule has 11 nitrogen and oxygen atoms in total. The Morgan fingerprint density at radius 1 is 1.30 bits per heavy atom. The first-order valence-corrected chi connectivity index (χ1v) is 13.1. The quantitative estimate of drug-likeness (QED) is 0.202. The maximum absolute atomic E-state index is 13.7. The number of sulfonamides is 1. The van der Waals surface area contributed by atoms with Crippen LogP contribution in [0.5, 0.6) is 0 Å². The van der Waals surface area contributed by atoms with Gasteiger partial charge in [-0.05, 0) is 35.8 Å². The average molecular weight is 608 g/mol. The lowest BCUT2D eigenvalue weighted by Crippen LogP contribution is -2.70. The standard InChI is InChI=1S/C19H24Br2N6O5S/c1-14-7-10-25(11-8-14)16(28)19(21,24-33(31,32)15-5-3-2-4-6-15)18(20,22)13-26-12-9-23-17(26)27(29)30/h2-6,9,12,14,24H,7-8,10-11,13,22H2,1H3. The van der Waals surface area contributed by atoms with E-state index in [1.54, 1.807) is 18.2 Å². The van der Waals surface area contributed by atoms with Crippen molar-refractivity contribution in [1.82, 2.24) is 19.2 Å². The van der Waals surface area contributed by atoms with Gasteiger partial charge in [-0.15, -0.1) is 0 Å². The average Bonchev–Trinajstić information content (AvgIpc) is 3.21. The highest BCUT2D eigenvalue weighted by Gasteiger charge is 2.57. The molecule has 2 heterocycles. The summed E-state index contributed by atoms with van der Waals surface area (Å²) in [6.45, 7) is 2.59. The van der Waals surface area contributed by atoms with E-state index < -0.39 is 35.7 Å². The molecular formula is C19H24Br2N6O5S. The molecule has 3 N–H and O–H groups in total. The van der Waals surface area contributed by atoms with Crippen LogP contribution in [0.1, 0.15) is 19.8 Å². The van der Waals surface area contributed by atoms with Crippen LogP contribution < -0.4 is 10.5 Å². The molecule has 0 spiro atoms. The highest BCUT2D eigenvalue weighted by atomic mass is 79.9. The molecule has 2 unspecified atom stereocenters.